The molecule has 1 aliphatic heterocycles. The fourth-order valence-corrected chi connectivity index (χ4v) is 3.99. The molecule has 1 fully saturated rings. The molecule has 1 aromatic heterocycles. The normalized spacial score (nSPS) is 14.7. The summed E-state index contributed by atoms with van der Waals surface area (Å²) in [7, 11) is -3.67. The maximum Gasteiger partial charge on any atom is 0.261 e. The van der Waals surface area contributed by atoms with Gasteiger partial charge in [-0.05, 0) is 59.9 Å². The summed E-state index contributed by atoms with van der Waals surface area (Å²) < 4.78 is 47.1. The standard InChI is InChI=1S/C25H29FN2O.CH4O3S/c1-18(2)20-4-6-21(7-5-20)25-16-22(17-27-12-14-29-15-13-27)19(3)28(25)24-10-8-23(26)9-11-24;1-5(2,3)4/h4-11,16,18H,12-15,17H2,1-3H3;1H3,(H,2,3,4). The lowest BCUT2D eigenvalue weighted by atomic mass is 10.0. The first-order valence-corrected chi connectivity index (χ1v) is 13.2. The van der Waals surface area contributed by atoms with Crippen LogP contribution in [0.1, 0.15) is 36.6 Å². The van der Waals surface area contributed by atoms with Crippen molar-refractivity contribution in [3.8, 4) is 16.9 Å². The van der Waals surface area contributed by atoms with Crippen molar-refractivity contribution in [1.29, 1.82) is 0 Å². The highest BCUT2D eigenvalue weighted by Gasteiger charge is 2.18. The van der Waals surface area contributed by atoms with Crippen LogP contribution in [0.2, 0.25) is 0 Å². The van der Waals surface area contributed by atoms with Crippen LogP contribution >= 0.6 is 0 Å². The smallest absolute Gasteiger partial charge is 0.261 e. The second-order valence-corrected chi connectivity index (χ2v) is 10.3. The number of rotatable bonds is 5. The van der Waals surface area contributed by atoms with E-state index in [1.54, 1.807) is 0 Å². The number of ether oxygens (including phenoxy) is 1. The largest absolute Gasteiger partial charge is 0.379 e. The van der Waals surface area contributed by atoms with Crippen molar-refractivity contribution in [2.75, 3.05) is 32.6 Å². The Balaban J connectivity index is 0.000000588. The Morgan fingerprint density at radius 1 is 1.03 bits per heavy atom. The van der Waals surface area contributed by atoms with Gasteiger partial charge in [0.1, 0.15) is 5.82 Å². The second-order valence-electron chi connectivity index (χ2n) is 8.85. The maximum atomic E-state index is 13.5. The highest BCUT2D eigenvalue weighted by Crippen LogP contribution is 2.31. The minimum Gasteiger partial charge on any atom is -0.379 e. The fraction of sp³-hybridized carbons (Fsp3) is 0.385. The molecule has 3 aromatic rings. The minimum absolute atomic E-state index is 0.213. The molecule has 0 aliphatic carbocycles. The van der Waals surface area contributed by atoms with Crippen LogP contribution in [0.25, 0.3) is 16.9 Å². The molecule has 0 amide bonds. The number of aromatic nitrogens is 1. The van der Waals surface area contributed by atoms with Crippen LogP contribution in [0.5, 0.6) is 0 Å². The maximum absolute atomic E-state index is 13.5. The van der Waals surface area contributed by atoms with Gasteiger partial charge in [0.2, 0.25) is 0 Å². The number of hydrogen-bond donors (Lipinski definition) is 1. The molecule has 0 radical (unpaired) electrons. The molecular formula is C26H33FN2O4S. The Kier molecular flexibility index (Phi) is 8.65. The predicted molar refractivity (Wildman–Crippen MR) is 134 cm³/mol. The molecule has 0 spiro atoms. The van der Waals surface area contributed by atoms with Crippen LogP contribution in [0, 0.1) is 12.7 Å². The van der Waals surface area contributed by atoms with E-state index in [0.29, 0.717) is 12.2 Å². The number of nitrogens with zero attached hydrogens (tertiary/aromatic N) is 2. The summed E-state index contributed by atoms with van der Waals surface area (Å²) in [6, 6.07) is 17.9. The molecule has 8 heteroatoms. The van der Waals surface area contributed by atoms with Gasteiger partial charge in [-0.2, -0.15) is 8.42 Å². The summed E-state index contributed by atoms with van der Waals surface area (Å²) in [4.78, 5) is 2.44. The summed E-state index contributed by atoms with van der Waals surface area (Å²) in [5, 5.41) is 0. The predicted octanol–water partition coefficient (Wildman–Crippen LogP) is 5.05. The van der Waals surface area contributed by atoms with Gasteiger partial charge < -0.3 is 9.30 Å². The first-order chi connectivity index (χ1) is 16.0. The zero-order valence-corrected chi connectivity index (χ0v) is 21.0. The van der Waals surface area contributed by atoms with E-state index in [0.717, 1.165) is 44.2 Å². The summed E-state index contributed by atoms with van der Waals surface area (Å²) in [6.45, 7) is 11.0. The fourth-order valence-electron chi connectivity index (χ4n) is 3.99. The SMILES string of the molecule is CS(=O)(=O)O.Cc1c(CN2CCOCC2)cc(-c2ccc(C(C)C)cc2)n1-c1ccc(F)cc1. The van der Waals surface area contributed by atoms with E-state index in [2.05, 4.69) is 60.6 Å². The third kappa shape index (κ3) is 7.24. The van der Waals surface area contributed by atoms with Crippen molar-refractivity contribution in [3.05, 3.63) is 77.2 Å². The van der Waals surface area contributed by atoms with E-state index < -0.39 is 10.1 Å². The van der Waals surface area contributed by atoms with Gasteiger partial charge in [0.05, 0.1) is 25.2 Å². The van der Waals surface area contributed by atoms with Crippen LogP contribution in [0.3, 0.4) is 0 Å². The molecule has 1 N–H and O–H groups in total. The molecule has 0 unspecified atom stereocenters. The molecule has 0 bridgehead atoms. The van der Waals surface area contributed by atoms with Crippen molar-refractivity contribution >= 4 is 10.1 Å². The van der Waals surface area contributed by atoms with Gasteiger partial charge in [-0.3, -0.25) is 9.45 Å². The molecule has 6 nitrogen and oxygen atoms in total. The Hall–Kier alpha value is -2.52. The zero-order valence-electron chi connectivity index (χ0n) is 20.2. The van der Waals surface area contributed by atoms with E-state index in [1.807, 2.05) is 12.1 Å². The van der Waals surface area contributed by atoms with Gasteiger partial charge >= 0.3 is 0 Å². The lowest BCUT2D eigenvalue weighted by Gasteiger charge is -2.26. The highest BCUT2D eigenvalue weighted by molar-refractivity contribution is 7.85. The molecule has 0 saturated carbocycles. The van der Waals surface area contributed by atoms with Gasteiger partial charge in [0, 0.05) is 31.0 Å². The summed E-state index contributed by atoms with van der Waals surface area (Å²) >= 11 is 0. The quantitative estimate of drug-likeness (QED) is 0.509. The van der Waals surface area contributed by atoms with E-state index in [-0.39, 0.29) is 5.82 Å². The van der Waals surface area contributed by atoms with E-state index in [1.165, 1.54) is 34.5 Å². The van der Waals surface area contributed by atoms with Gasteiger partial charge in [0.25, 0.3) is 10.1 Å². The lowest BCUT2D eigenvalue weighted by Crippen LogP contribution is -2.35. The lowest BCUT2D eigenvalue weighted by molar-refractivity contribution is 0.0341. The van der Waals surface area contributed by atoms with Crippen LogP contribution in [0.15, 0.2) is 54.6 Å². The Morgan fingerprint density at radius 3 is 2.12 bits per heavy atom. The van der Waals surface area contributed by atoms with Crippen LogP contribution in [-0.2, 0) is 21.4 Å². The van der Waals surface area contributed by atoms with Crippen LogP contribution in [-0.4, -0.2) is 55.0 Å². The molecule has 34 heavy (non-hydrogen) atoms. The Morgan fingerprint density at radius 2 is 1.59 bits per heavy atom. The average Bonchev–Trinajstić information content (AvgIpc) is 3.10. The highest BCUT2D eigenvalue weighted by atomic mass is 32.2. The third-order valence-electron chi connectivity index (χ3n) is 5.81. The van der Waals surface area contributed by atoms with E-state index in [9.17, 15) is 12.8 Å². The number of morpholine rings is 1. The summed E-state index contributed by atoms with van der Waals surface area (Å²) in [5.74, 6) is 0.293. The van der Waals surface area contributed by atoms with Gasteiger partial charge in [-0.1, -0.05) is 38.1 Å². The minimum atomic E-state index is -3.67. The van der Waals surface area contributed by atoms with Crippen molar-refractivity contribution in [1.82, 2.24) is 9.47 Å². The van der Waals surface area contributed by atoms with Crippen molar-refractivity contribution in [2.45, 2.75) is 33.2 Å². The summed E-state index contributed by atoms with van der Waals surface area (Å²) in [6.07, 6.45) is 0.715. The van der Waals surface area contributed by atoms with E-state index >= 15 is 0 Å². The first kappa shape index (κ1) is 26.1. The Bertz CT molecular complexity index is 1170. The first-order valence-electron chi connectivity index (χ1n) is 11.3. The molecule has 2 heterocycles. The molecule has 1 aliphatic rings. The number of benzene rings is 2. The van der Waals surface area contributed by atoms with Crippen molar-refractivity contribution in [3.63, 3.8) is 0 Å². The molecular weight excluding hydrogens is 455 g/mol. The molecule has 2 aromatic carbocycles. The van der Waals surface area contributed by atoms with Crippen molar-refractivity contribution in [2.24, 2.45) is 0 Å². The topological polar surface area (TPSA) is 71.8 Å². The molecule has 1 saturated heterocycles. The van der Waals surface area contributed by atoms with Crippen molar-refractivity contribution < 1.29 is 22.1 Å². The van der Waals surface area contributed by atoms with Gasteiger partial charge in [0.15, 0.2) is 0 Å². The van der Waals surface area contributed by atoms with Crippen LogP contribution < -0.4 is 0 Å². The molecule has 0 atom stereocenters. The second kappa shape index (κ2) is 11.3. The molecule has 184 valence electrons. The average molecular weight is 489 g/mol. The monoisotopic (exact) mass is 488 g/mol. The Labute approximate surface area is 201 Å². The van der Waals surface area contributed by atoms with Gasteiger partial charge in [-0.15, -0.1) is 0 Å². The van der Waals surface area contributed by atoms with E-state index in [4.69, 9.17) is 9.29 Å². The molecule has 4 rings (SSSR count). The zero-order chi connectivity index (χ0) is 24.9. The number of halogens is 1. The van der Waals surface area contributed by atoms with Crippen LogP contribution in [0.4, 0.5) is 4.39 Å². The third-order valence-corrected chi connectivity index (χ3v) is 5.81. The summed E-state index contributed by atoms with van der Waals surface area (Å²) in [5.41, 5.74) is 7.15. The number of hydrogen-bond acceptors (Lipinski definition) is 4. The van der Waals surface area contributed by atoms with Gasteiger partial charge in [-0.25, -0.2) is 4.39 Å².